The summed E-state index contributed by atoms with van der Waals surface area (Å²) in [6.07, 6.45) is 1.46. The zero-order valence-electron chi connectivity index (χ0n) is 15.6. The molecule has 0 heterocycles. The molecule has 0 saturated heterocycles. The molecular formula is C19H29N3O4. The van der Waals surface area contributed by atoms with E-state index in [0.717, 1.165) is 5.56 Å². The molecule has 7 heteroatoms. The van der Waals surface area contributed by atoms with Gasteiger partial charge in [-0.1, -0.05) is 44.2 Å². The van der Waals surface area contributed by atoms with E-state index in [0.29, 0.717) is 19.3 Å². The number of rotatable bonds is 10. The number of likely N-dealkylation sites (N-methyl/N-ethyl adjacent to an activating group) is 1. The Morgan fingerprint density at radius 3 is 2.27 bits per heavy atom. The number of hydrogen-bond acceptors (Lipinski definition) is 4. The van der Waals surface area contributed by atoms with Gasteiger partial charge in [-0.05, 0) is 30.7 Å². The highest BCUT2D eigenvalue weighted by atomic mass is 16.5. The molecule has 0 bridgehead atoms. The van der Waals surface area contributed by atoms with Crippen LogP contribution in [0.25, 0.3) is 0 Å². The van der Waals surface area contributed by atoms with Gasteiger partial charge in [0.05, 0.1) is 0 Å². The molecule has 3 amide bonds. The number of hydroxylamine groups is 1. The summed E-state index contributed by atoms with van der Waals surface area (Å²) in [5.74, 6) is -1.66. The molecule has 26 heavy (non-hydrogen) atoms. The Balaban J connectivity index is 2.77. The van der Waals surface area contributed by atoms with Crippen molar-refractivity contribution in [3.63, 3.8) is 0 Å². The van der Waals surface area contributed by atoms with E-state index in [2.05, 4.69) is 10.6 Å². The van der Waals surface area contributed by atoms with Crippen molar-refractivity contribution in [2.75, 3.05) is 7.05 Å². The molecule has 1 aromatic carbocycles. The molecule has 1 rings (SSSR count). The monoisotopic (exact) mass is 363 g/mol. The third-order valence-corrected chi connectivity index (χ3v) is 4.13. The van der Waals surface area contributed by atoms with E-state index in [1.807, 2.05) is 44.2 Å². The van der Waals surface area contributed by atoms with Crippen LogP contribution in [0.3, 0.4) is 0 Å². The lowest BCUT2D eigenvalue weighted by molar-refractivity contribution is -0.136. The normalized spacial score (nSPS) is 13.0. The Hall–Kier alpha value is -2.41. The second kappa shape index (κ2) is 11.3. The quantitative estimate of drug-likeness (QED) is 0.372. The maximum absolute atomic E-state index is 12.6. The number of amides is 3. The largest absolute Gasteiger partial charge is 0.357 e. The lowest BCUT2D eigenvalue weighted by Crippen LogP contribution is -2.48. The summed E-state index contributed by atoms with van der Waals surface area (Å²) in [5, 5.41) is 14.0. The molecular weight excluding hydrogens is 334 g/mol. The van der Waals surface area contributed by atoms with E-state index >= 15 is 0 Å². The summed E-state index contributed by atoms with van der Waals surface area (Å²) >= 11 is 0. The van der Waals surface area contributed by atoms with Crippen LogP contribution >= 0.6 is 0 Å². The summed E-state index contributed by atoms with van der Waals surface area (Å²) < 4.78 is 0. The van der Waals surface area contributed by atoms with E-state index < -0.39 is 17.9 Å². The maximum atomic E-state index is 12.6. The van der Waals surface area contributed by atoms with Crippen LogP contribution in [-0.2, 0) is 20.8 Å². The molecule has 0 aliphatic rings. The highest BCUT2D eigenvalue weighted by Gasteiger charge is 2.27. The molecule has 2 atom stereocenters. The van der Waals surface area contributed by atoms with Crippen LogP contribution in [0.5, 0.6) is 0 Å². The Labute approximate surface area is 154 Å². The third kappa shape index (κ3) is 7.65. The zero-order chi connectivity index (χ0) is 19.5. The van der Waals surface area contributed by atoms with Gasteiger partial charge in [-0.2, -0.15) is 0 Å². The minimum Gasteiger partial charge on any atom is -0.357 e. The van der Waals surface area contributed by atoms with Gasteiger partial charge in [-0.3, -0.25) is 19.6 Å². The molecule has 0 aromatic heterocycles. The molecule has 0 saturated carbocycles. The van der Waals surface area contributed by atoms with Crippen LogP contribution in [-0.4, -0.2) is 36.0 Å². The SMILES string of the molecule is CNC(=O)[C@H](CCc1ccccc1)NC(=O)[C@H](CC(=O)NO)CC(C)C. The van der Waals surface area contributed by atoms with Crippen molar-refractivity contribution in [3.8, 4) is 0 Å². The molecule has 0 fully saturated rings. The van der Waals surface area contributed by atoms with Crippen LogP contribution in [0.1, 0.15) is 38.7 Å². The molecule has 0 aliphatic heterocycles. The molecule has 0 radical (unpaired) electrons. The summed E-state index contributed by atoms with van der Waals surface area (Å²) in [6.45, 7) is 3.89. The summed E-state index contributed by atoms with van der Waals surface area (Å²) in [4.78, 5) is 36.2. The van der Waals surface area contributed by atoms with Crippen molar-refractivity contribution in [2.45, 2.75) is 45.6 Å². The molecule has 7 nitrogen and oxygen atoms in total. The first-order valence-corrected chi connectivity index (χ1v) is 8.86. The van der Waals surface area contributed by atoms with Crippen molar-refractivity contribution in [2.24, 2.45) is 11.8 Å². The third-order valence-electron chi connectivity index (χ3n) is 4.13. The minimum atomic E-state index is -0.681. The van der Waals surface area contributed by atoms with Crippen LogP contribution in [0.4, 0.5) is 0 Å². The summed E-state index contributed by atoms with van der Waals surface area (Å²) in [5.41, 5.74) is 2.64. The number of benzene rings is 1. The predicted octanol–water partition coefficient (Wildman–Crippen LogP) is 1.41. The molecule has 0 aliphatic carbocycles. The molecule has 144 valence electrons. The smallest absolute Gasteiger partial charge is 0.244 e. The van der Waals surface area contributed by atoms with Crippen molar-refractivity contribution >= 4 is 17.7 Å². The standard InChI is InChI=1S/C19H29N3O4/c1-13(2)11-15(12-17(23)22-26)18(24)21-16(19(25)20-3)10-9-14-7-5-4-6-8-14/h4-8,13,15-16,26H,9-12H2,1-3H3,(H,20,25)(H,21,24)(H,22,23)/t15-,16-/m0/s1. The fourth-order valence-corrected chi connectivity index (χ4v) is 2.81. The van der Waals surface area contributed by atoms with Gasteiger partial charge in [0.15, 0.2) is 0 Å². The Kier molecular flexibility index (Phi) is 9.36. The lowest BCUT2D eigenvalue weighted by Gasteiger charge is -2.22. The first-order chi connectivity index (χ1) is 12.4. The van der Waals surface area contributed by atoms with Crippen molar-refractivity contribution in [1.82, 2.24) is 16.1 Å². The van der Waals surface area contributed by atoms with Gasteiger partial charge in [0.1, 0.15) is 6.04 Å². The van der Waals surface area contributed by atoms with E-state index in [4.69, 9.17) is 5.21 Å². The number of hydrogen-bond donors (Lipinski definition) is 4. The first-order valence-electron chi connectivity index (χ1n) is 8.86. The Bertz CT molecular complexity index is 590. The number of aryl methyl sites for hydroxylation is 1. The number of carbonyl (C=O) groups excluding carboxylic acids is 3. The molecule has 4 N–H and O–H groups in total. The van der Waals surface area contributed by atoms with Crippen LogP contribution < -0.4 is 16.1 Å². The number of nitrogens with one attached hydrogen (secondary N) is 3. The summed E-state index contributed by atoms with van der Waals surface area (Å²) in [7, 11) is 1.52. The van der Waals surface area contributed by atoms with E-state index in [1.54, 1.807) is 5.48 Å². The second-order valence-electron chi connectivity index (χ2n) is 6.77. The van der Waals surface area contributed by atoms with Gasteiger partial charge in [0.25, 0.3) is 0 Å². The van der Waals surface area contributed by atoms with E-state index in [9.17, 15) is 14.4 Å². The fraction of sp³-hybridized carbons (Fsp3) is 0.526. The van der Waals surface area contributed by atoms with E-state index in [1.165, 1.54) is 7.05 Å². The van der Waals surface area contributed by atoms with Crippen molar-refractivity contribution < 1.29 is 19.6 Å². The van der Waals surface area contributed by atoms with Gasteiger partial charge < -0.3 is 10.6 Å². The highest BCUT2D eigenvalue weighted by Crippen LogP contribution is 2.17. The molecule has 0 spiro atoms. The topological polar surface area (TPSA) is 108 Å². The predicted molar refractivity (Wildman–Crippen MR) is 98.3 cm³/mol. The maximum Gasteiger partial charge on any atom is 0.244 e. The Morgan fingerprint density at radius 1 is 1.08 bits per heavy atom. The summed E-state index contributed by atoms with van der Waals surface area (Å²) in [6, 6.07) is 9.03. The van der Waals surface area contributed by atoms with Crippen LogP contribution in [0.15, 0.2) is 30.3 Å². The molecule has 0 unspecified atom stereocenters. The number of carbonyl (C=O) groups is 3. The van der Waals surface area contributed by atoms with Gasteiger partial charge in [-0.25, -0.2) is 5.48 Å². The van der Waals surface area contributed by atoms with Crippen LogP contribution in [0, 0.1) is 11.8 Å². The first kappa shape index (κ1) is 21.6. The van der Waals surface area contributed by atoms with Gasteiger partial charge in [0, 0.05) is 19.4 Å². The lowest BCUT2D eigenvalue weighted by atomic mass is 9.92. The van der Waals surface area contributed by atoms with Gasteiger partial charge in [0.2, 0.25) is 17.7 Å². The van der Waals surface area contributed by atoms with E-state index in [-0.39, 0.29) is 24.2 Å². The van der Waals surface area contributed by atoms with Crippen LogP contribution in [0.2, 0.25) is 0 Å². The zero-order valence-corrected chi connectivity index (χ0v) is 15.6. The van der Waals surface area contributed by atoms with Gasteiger partial charge >= 0.3 is 0 Å². The molecule has 1 aromatic rings. The highest BCUT2D eigenvalue weighted by molar-refractivity contribution is 5.90. The van der Waals surface area contributed by atoms with Crippen molar-refractivity contribution in [1.29, 1.82) is 0 Å². The van der Waals surface area contributed by atoms with Gasteiger partial charge in [-0.15, -0.1) is 0 Å². The fourth-order valence-electron chi connectivity index (χ4n) is 2.81. The Morgan fingerprint density at radius 2 is 1.73 bits per heavy atom. The minimum absolute atomic E-state index is 0.125. The van der Waals surface area contributed by atoms with Crippen molar-refractivity contribution in [3.05, 3.63) is 35.9 Å². The second-order valence-corrected chi connectivity index (χ2v) is 6.77. The average Bonchev–Trinajstić information content (AvgIpc) is 2.63. The average molecular weight is 363 g/mol.